The van der Waals surface area contributed by atoms with Gasteiger partial charge in [0, 0.05) is 37.4 Å². The summed E-state index contributed by atoms with van der Waals surface area (Å²) in [5.41, 5.74) is 4.60. The largest absolute Gasteiger partial charge is 0.493 e. The fourth-order valence-electron chi connectivity index (χ4n) is 4.10. The average molecular weight is 478 g/mol. The number of urea groups is 1. The number of carbonyl (C=O) groups is 1. The molecule has 35 heavy (non-hydrogen) atoms. The summed E-state index contributed by atoms with van der Waals surface area (Å²) >= 11 is 0. The Hall–Kier alpha value is -4.01. The summed E-state index contributed by atoms with van der Waals surface area (Å²) in [6.45, 7) is 6.62. The molecule has 0 radical (unpaired) electrons. The highest BCUT2D eigenvalue weighted by atomic mass is 16.5. The number of aryl methyl sites for hydroxylation is 1. The monoisotopic (exact) mass is 477 g/mol. The summed E-state index contributed by atoms with van der Waals surface area (Å²) in [6, 6.07) is 13.4. The number of ether oxygens (including phenoxy) is 3. The molecule has 1 aromatic heterocycles. The van der Waals surface area contributed by atoms with E-state index in [0.717, 1.165) is 28.2 Å². The number of carbonyl (C=O) groups excluding carboxylic acids is 1. The van der Waals surface area contributed by atoms with Crippen LogP contribution in [0.5, 0.6) is 17.2 Å². The highest BCUT2D eigenvalue weighted by Gasteiger charge is 2.23. The molecule has 1 saturated heterocycles. The number of methoxy groups -OCH3 is 3. The lowest BCUT2D eigenvalue weighted by Gasteiger charge is -2.35. The van der Waals surface area contributed by atoms with Gasteiger partial charge in [0.25, 0.3) is 0 Å². The second kappa shape index (κ2) is 10.5. The first kappa shape index (κ1) is 24.1. The van der Waals surface area contributed by atoms with E-state index in [1.165, 1.54) is 0 Å². The number of piperazine rings is 1. The summed E-state index contributed by atoms with van der Waals surface area (Å²) < 4.78 is 16.3. The van der Waals surface area contributed by atoms with E-state index in [4.69, 9.17) is 14.2 Å². The third kappa shape index (κ3) is 5.08. The van der Waals surface area contributed by atoms with E-state index < -0.39 is 0 Å². The predicted molar refractivity (Wildman–Crippen MR) is 136 cm³/mol. The van der Waals surface area contributed by atoms with E-state index in [0.29, 0.717) is 49.1 Å². The Kier molecular flexibility index (Phi) is 7.24. The van der Waals surface area contributed by atoms with Crippen LogP contribution >= 0.6 is 0 Å². The fraction of sp³-hybridized carbons (Fsp3) is 0.346. The molecule has 9 nitrogen and oxygen atoms in total. The number of nitrogens with one attached hydrogen (secondary N) is 1. The molecule has 2 amide bonds. The fourth-order valence-corrected chi connectivity index (χ4v) is 4.10. The van der Waals surface area contributed by atoms with Gasteiger partial charge in [0.1, 0.15) is 0 Å². The second-order valence-corrected chi connectivity index (χ2v) is 8.34. The van der Waals surface area contributed by atoms with Crippen LogP contribution in [0.25, 0.3) is 11.3 Å². The van der Waals surface area contributed by atoms with Crippen LogP contribution in [0.1, 0.15) is 11.1 Å². The number of hydrogen-bond acceptors (Lipinski definition) is 7. The number of aromatic nitrogens is 2. The lowest BCUT2D eigenvalue weighted by Crippen LogP contribution is -2.50. The molecule has 3 aromatic rings. The minimum Gasteiger partial charge on any atom is -0.493 e. The highest BCUT2D eigenvalue weighted by Crippen LogP contribution is 2.40. The van der Waals surface area contributed by atoms with Crippen LogP contribution in [0, 0.1) is 13.8 Å². The molecule has 1 aliphatic rings. The van der Waals surface area contributed by atoms with Gasteiger partial charge in [-0.1, -0.05) is 12.1 Å². The first-order valence-electron chi connectivity index (χ1n) is 11.5. The van der Waals surface area contributed by atoms with E-state index >= 15 is 0 Å². The van der Waals surface area contributed by atoms with Gasteiger partial charge in [-0.05, 0) is 55.3 Å². The van der Waals surface area contributed by atoms with Crippen molar-refractivity contribution in [2.75, 3.05) is 57.7 Å². The minimum atomic E-state index is -0.0813. The molecule has 0 atom stereocenters. The zero-order valence-electron chi connectivity index (χ0n) is 20.8. The zero-order valence-corrected chi connectivity index (χ0v) is 20.8. The molecule has 0 bridgehead atoms. The van der Waals surface area contributed by atoms with Crippen LogP contribution in [0.4, 0.5) is 16.3 Å². The number of rotatable bonds is 6. The number of benzene rings is 2. The van der Waals surface area contributed by atoms with Crippen molar-refractivity contribution >= 4 is 17.5 Å². The SMILES string of the molecule is COc1cc(-c2ccc(N3CCN(C(=O)Nc4cccc(C)c4C)CC3)nn2)cc(OC)c1OC. The van der Waals surface area contributed by atoms with E-state index in [2.05, 4.69) is 20.4 Å². The van der Waals surface area contributed by atoms with Crippen molar-refractivity contribution in [1.29, 1.82) is 0 Å². The van der Waals surface area contributed by atoms with Gasteiger partial charge in [-0.15, -0.1) is 10.2 Å². The first-order valence-corrected chi connectivity index (χ1v) is 11.5. The Morgan fingerprint density at radius 3 is 2.14 bits per heavy atom. The van der Waals surface area contributed by atoms with Crippen LogP contribution in [0.2, 0.25) is 0 Å². The van der Waals surface area contributed by atoms with Crippen molar-refractivity contribution in [3.05, 3.63) is 53.6 Å². The molecule has 1 aliphatic heterocycles. The molecule has 4 rings (SSSR count). The Morgan fingerprint density at radius 1 is 0.886 bits per heavy atom. The third-order valence-electron chi connectivity index (χ3n) is 6.35. The molecule has 1 fully saturated rings. The van der Waals surface area contributed by atoms with Crippen molar-refractivity contribution in [3.63, 3.8) is 0 Å². The van der Waals surface area contributed by atoms with E-state index in [1.807, 2.05) is 61.2 Å². The maximum Gasteiger partial charge on any atom is 0.321 e. The average Bonchev–Trinajstić information content (AvgIpc) is 2.90. The number of nitrogens with zero attached hydrogens (tertiary/aromatic N) is 4. The summed E-state index contributed by atoms with van der Waals surface area (Å²) in [7, 11) is 4.73. The Labute approximate surface area is 205 Å². The quantitative estimate of drug-likeness (QED) is 0.571. The maximum atomic E-state index is 12.8. The van der Waals surface area contributed by atoms with Gasteiger partial charge >= 0.3 is 6.03 Å². The molecule has 0 spiro atoms. The van der Waals surface area contributed by atoms with Gasteiger partial charge in [-0.25, -0.2) is 4.79 Å². The van der Waals surface area contributed by atoms with Crippen LogP contribution in [0.15, 0.2) is 42.5 Å². The number of anilines is 2. The van der Waals surface area contributed by atoms with Crippen LogP contribution in [0.3, 0.4) is 0 Å². The summed E-state index contributed by atoms with van der Waals surface area (Å²) in [6.07, 6.45) is 0. The molecule has 0 aliphatic carbocycles. The Balaban J connectivity index is 1.41. The van der Waals surface area contributed by atoms with Crippen molar-refractivity contribution in [2.24, 2.45) is 0 Å². The van der Waals surface area contributed by atoms with Crippen molar-refractivity contribution < 1.29 is 19.0 Å². The van der Waals surface area contributed by atoms with E-state index in [9.17, 15) is 4.79 Å². The third-order valence-corrected chi connectivity index (χ3v) is 6.35. The van der Waals surface area contributed by atoms with E-state index in [1.54, 1.807) is 21.3 Å². The van der Waals surface area contributed by atoms with Crippen LogP contribution in [-0.4, -0.2) is 68.6 Å². The molecule has 9 heteroatoms. The Bertz CT molecular complexity index is 1170. The first-order chi connectivity index (χ1) is 16.9. The van der Waals surface area contributed by atoms with Gasteiger partial charge in [0.15, 0.2) is 17.3 Å². The standard InChI is InChI=1S/C26H31N5O4/c1-17-7-6-8-20(18(17)2)27-26(32)31-13-11-30(12-14-31)24-10-9-21(28-29-24)19-15-22(33-3)25(35-5)23(16-19)34-4/h6-10,15-16H,11-14H2,1-5H3,(H,27,32). The number of hydrogen-bond donors (Lipinski definition) is 1. The molecule has 0 saturated carbocycles. The molecule has 184 valence electrons. The molecule has 2 aromatic carbocycles. The highest BCUT2D eigenvalue weighted by molar-refractivity contribution is 5.90. The van der Waals surface area contributed by atoms with Crippen molar-refractivity contribution in [2.45, 2.75) is 13.8 Å². The second-order valence-electron chi connectivity index (χ2n) is 8.34. The van der Waals surface area contributed by atoms with Gasteiger partial charge in [0.2, 0.25) is 5.75 Å². The lowest BCUT2D eigenvalue weighted by molar-refractivity contribution is 0.208. The summed E-state index contributed by atoms with van der Waals surface area (Å²) in [5.74, 6) is 2.42. The molecule has 0 unspecified atom stereocenters. The number of amides is 2. The van der Waals surface area contributed by atoms with Crippen LogP contribution in [-0.2, 0) is 0 Å². The van der Waals surface area contributed by atoms with Gasteiger partial charge < -0.3 is 29.3 Å². The molecular formula is C26H31N5O4. The maximum absolute atomic E-state index is 12.8. The molecule has 1 N–H and O–H groups in total. The zero-order chi connectivity index (χ0) is 24.9. The molecular weight excluding hydrogens is 446 g/mol. The lowest BCUT2D eigenvalue weighted by atomic mass is 10.1. The van der Waals surface area contributed by atoms with Gasteiger partial charge in [-0.3, -0.25) is 0 Å². The van der Waals surface area contributed by atoms with Crippen molar-refractivity contribution in [1.82, 2.24) is 15.1 Å². The summed E-state index contributed by atoms with van der Waals surface area (Å²) in [4.78, 5) is 16.7. The van der Waals surface area contributed by atoms with Crippen LogP contribution < -0.4 is 24.4 Å². The predicted octanol–water partition coefficient (Wildman–Crippen LogP) is 4.14. The normalized spacial score (nSPS) is 13.4. The topological polar surface area (TPSA) is 89.1 Å². The van der Waals surface area contributed by atoms with Crippen molar-refractivity contribution in [3.8, 4) is 28.5 Å². The molecule has 2 heterocycles. The Morgan fingerprint density at radius 2 is 1.57 bits per heavy atom. The van der Waals surface area contributed by atoms with Gasteiger partial charge in [-0.2, -0.15) is 0 Å². The summed E-state index contributed by atoms with van der Waals surface area (Å²) in [5, 5.41) is 11.9. The minimum absolute atomic E-state index is 0.0813. The smallest absolute Gasteiger partial charge is 0.321 e. The van der Waals surface area contributed by atoms with E-state index in [-0.39, 0.29) is 6.03 Å². The van der Waals surface area contributed by atoms with Gasteiger partial charge in [0.05, 0.1) is 27.0 Å².